The fourth-order valence-corrected chi connectivity index (χ4v) is 4.27. The minimum Gasteiger partial charge on any atom is -0.351 e. The number of urea groups is 1. The van der Waals surface area contributed by atoms with E-state index in [1.54, 1.807) is 6.92 Å². The fourth-order valence-electron chi connectivity index (χ4n) is 4.27. The van der Waals surface area contributed by atoms with Gasteiger partial charge in [0.15, 0.2) is 0 Å². The van der Waals surface area contributed by atoms with E-state index >= 15 is 0 Å². The van der Waals surface area contributed by atoms with Crippen LogP contribution in [0.2, 0.25) is 0 Å². The van der Waals surface area contributed by atoms with Crippen molar-refractivity contribution in [1.82, 2.24) is 20.4 Å². The molecule has 0 aliphatic carbocycles. The van der Waals surface area contributed by atoms with Crippen molar-refractivity contribution in [2.75, 3.05) is 19.6 Å². The van der Waals surface area contributed by atoms with E-state index in [-0.39, 0.29) is 30.5 Å². The number of hydrogen-bond acceptors (Lipinski definition) is 3. The van der Waals surface area contributed by atoms with Crippen LogP contribution in [0.1, 0.15) is 37.9 Å². The molecule has 0 fully saturated rings. The van der Waals surface area contributed by atoms with Gasteiger partial charge < -0.3 is 15.5 Å². The molecule has 0 saturated carbocycles. The Morgan fingerprint density at radius 1 is 1.27 bits per heavy atom. The smallest absolute Gasteiger partial charge is 0.351 e. The Morgan fingerprint density at radius 2 is 1.91 bits per heavy atom. The summed E-state index contributed by atoms with van der Waals surface area (Å²) in [5.74, 6) is -0.990. The number of benzene rings is 1. The summed E-state index contributed by atoms with van der Waals surface area (Å²) in [7, 11) is 0. The Morgan fingerprint density at radius 3 is 2.42 bits per heavy atom. The molecule has 1 aromatic rings. The topological polar surface area (TPSA) is 81.8 Å². The van der Waals surface area contributed by atoms with Gasteiger partial charge in [-0.25, -0.2) is 4.79 Å². The first kappa shape index (κ1) is 24.3. The van der Waals surface area contributed by atoms with Crippen LogP contribution >= 0.6 is 0 Å². The highest BCUT2D eigenvalue weighted by Crippen LogP contribution is 2.38. The number of carbonyl (C=O) groups is 3. The first-order valence-electron chi connectivity index (χ1n) is 10.7. The van der Waals surface area contributed by atoms with Gasteiger partial charge in [-0.15, -0.1) is 6.58 Å². The summed E-state index contributed by atoms with van der Waals surface area (Å²) in [4.78, 5) is 42.0. The average molecular weight is 464 g/mol. The van der Waals surface area contributed by atoms with E-state index in [2.05, 4.69) is 17.2 Å². The van der Waals surface area contributed by atoms with Crippen molar-refractivity contribution in [2.24, 2.45) is 5.92 Å². The molecular formula is C23H27F3N4O3. The SMILES string of the molecule is C=CCNC(=O)[C@@H](C(C)C)N1CC2=C(C1=O)[C@H](c1ccc(C(F)(F)F)cc1)NC(=O)N2CC. The number of carbonyl (C=O) groups excluding carboxylic acids is 3. The average Bonchev–Trinajstić information content (AvgIpc) is 3.07. The summed E-state index contributed by atoms with van der Waals surface area (Å²) in [6.07, 6.45) is -2.96. The summed E-state index contributed by atoms with van der Waals surface area (Å²) in [5, 5.41) is 5.45. The third kappa shape index (κ3) is 4.60. The predicted octanol–water partition coefficient (Wildman–Crippen LogP) is 3.21. The first-order valence-corrected chi connectivity index (χ1v) is 10.7. The molecule has 2 aliphatic rings. The maximum Gasteiger partial charge on any atom is 0.416 e. The quantitative estimate of drug-likeness (QED) is 0.608. The van der Waals surface area contributed by atoms with Crippen molar-refractivity contribution in [3.8, 4) is 0 Å². The van der Waals surface area contributed by atoms with Gasteiger partial charge >= 0.3 is 12.2 Å². The second kappa shape index (κ2) is 9.29. The van der Waals surface area contributed by atoms with Crippen LogP contribution in [-0.2, 0) is 15.8 Å². The van der Waals surface area contributed by atoms with E-state index in [0.717, 1.165) is 12.1 Å². The monoisotopic (exact) mass is 464 g/mol. The van der Waals surface area contributed by atoms with Crippen molar-refractivity contribution >= 4 is 17.8 Å². The molecule has 178 valence electrons. The van der Waals surface area contributed by atoms with E-state index in [9.17, 15) is 27.6 Å². The van der Waals surface area contributed by atoms with Gasteiger partial charge in [0.25, 0.3) is 5.91 Å². The molecule has 2 heterocycles. The van der Waals surface area contributed by atoms with Crippen LogP contribution in [0.5, 0.6) is 0 Å². The van der Waals surface area contributed by atoms with Crippen LogP contribution in [0.4, 0.5) is 18.0 Å². The lowest BCUT2D eigenvalue weighted by atomic mass is 9.94. The molecule has 2 atom stereocenters. The predicted molar refractivity (Wildman–Crippen MR) is 116 cm³/mol. The molecule has 7 nitrogen and oxygen atoms in total. The van der Waals surface area contributed by atoms with E-state index in [0.29, 0.717) is 17.8 Å². The maximum absolute atomic E-state index is 13.6. The summed E-state index contributed by atoms with van der Waals surface area (Å²) in [6, 6.07) is 2.20. The fraction of sp³-hybridized carbons (Fsp3) is 0.435. The van der Waals surface area contributed by atoms with Crippen LogP contribution in [0.15, 0.2) is 48.2 Å². The minimum absolute atomic E-state index is 0.0525. The zero-order valence-electron chi connectivity index (χ0n) is 18.7. The Kier molecular flexibility index (Phi) is 6.85. The Balaban J connectivity index is 2.00. The zero-order chi connectivity index (χ0) is 24.5. The van der Waals surface area contributed by atoms with Crippen molar-refractivity contribution in [3.63, 3.8) is 0 Å². The number of nitrogens with one attached hydrogen (secondary N) is 2. The largest absolute Gasteiger partial charge is 0.416 e. The highest BCUT2D eigenvalue weighted by molar-refractivity contribution is 6.03. The van der Waals surface area contributed by atoms with E-state index in [1.165, 1.54) is 28.0 Å². The van der Waals surface area contributed by atoms with E-state index < -0.39 is 35.8 Å². The summed E-state index contributed by atoms with van der Waals surface area (Å²) < 4.78 is 39.0. The van der Waals surface area contributed by atoms with Gasteiger partial charge in [-0.2, -0.15) is 13.2 Å². The number of alkyl halides is 3. The summed E-state index contributed by atoms with van der Waals surface area (Å²) >= 11 is 0. The molecule has 2 N–H and O–H groups in total. The van der Waals surface area contributed by atoms with Crippen LogP contribution in [-0.4, -0.2) is 53.3 Å². The number of nitrogens with zero attached hydrogens (tertiary/aromatic N) is 2. The van der Waals surface area contributed by atoms with Gasteiger partial charge in [-0.1, -0.05) is 32.1 Å². The zero-order valence-corrected chi connectivity index (χ0v) is 18.7. The number of halogens is 3. The molecular weight excluding hydrogens is 437 g/mol. The highest BCUT2D eigenvalue weighted by atomic mass is 19.4. The maximum atomic E-state index is 13.6. The van der Waals surface area contributed by atoms with Gasteiger partial charge in [-0.3, -0.25) is 14.5 Å². The molecule has 0 radical (unpaired) electrons. The molecule has 0 spiro atoms. The molecule has 0 aromatic heterocycles. The lowest BCUT2D eigenvalue weighted by molar-refractivity contribution is -0.138. The molecule has 0 bridgehead atoms. The van der Waals surface area contributed by atoms with Gasteiger partial charge in [0, 0.05) is 13.1 Å². The van der Waals surface area contributed by atoms with Crippen LogP contribution in [0, 0.1) is 5.92 Å². The van der Waals surface area contributed by atoms with Crippen molar-refractivity contribution in [3.05, 3.63) is 59.3 Å². The molecule has 10 heteroatoms. The normalized spacial score (nSPS) is 19.5. The molecule has 1 aromatic carbocycles. The second-order valence-corrected chi connectivity index (χ2v) is 8.26. The first-order chi connectivity index (χ1) is 15.5. The Labute approximate surface area is 190 Å². The van der Waals surface area contributed by atoms with Crippen LogP contribution in [0.25, 0.3) is 0 Å². The number of likely N-dealkylation sites (N-methyl/N-ethyl adjacent to an activating group) is 1. The summed E-state index contributed by atoms with van der Waals surface area (Å²) in [5.41, 5.74) is 0.250. The van der Waals surface area contributed by atoms with Crippen LogP contribution in [0.3, 0.4) is 0 Å². The molecule has 4 amide bonds. The van der Waals surface area contributed by atoms with Gasteiger partial charge in [-0.05, 0) is 30.5 Å². The highest BCUT2D eigenvalue weighted by Gasteiger charge is 2.47. The van der Waals surface area contributed by atoms with E-state index in [1.807, 2.05) is 13.8 Å². The third-order valence-electron chi connectivity index (χ3n) is 5.79. The Hall–Kier alpha value is -3.30. The van der Waals surface area contributed by atoms with E-state index in [4.69, 9.17) is 0 Å². The molecule has 2 aliphatic heterocycles. The number of rotatable bonds is 7. The van der Waals surface area contributed by atoms with Crippen LogP contribution < -0.4 is 10.6 Å². The van der Waals surface area contributed by atoms with Gasteiger partial charge in [0.1, 0.15) is 6.04 Å². The molecule has 0 unspecified atom stereocenters. The Bertz CT molecular complexity index is 986. The van der Waals surface area contributed by atoms with Gasteiger partial charge in [0.05, 0.1) is 29.4 Å². The van der Waals surface area contributed by atoms with Crippen molar-refractivity contribution in [1.29, 1.82) is 0 Å². The molecule has 0 saturated heterocycles. The van der Waals surface area contributed by atoms with Crippen molar-refractivity contribution in [2.45, 2.75) is 39.0 Å². The number of hydrogen-bond donors (Lipinski definition) is 2. The standard InChI is InChI=1S/C23H27F3N4O3/c1-5-11-27-20(31)19(13(3)4)30-12-16-17(21(30)32)18(28-22(33)29(16)6-2)14-7-9-15(10-8-14)23(24,25)26/h5,7-10,13,18-19H,1,6,11-12H2,2-4H3,(H,27,31)(H,28,33)/t18-,19+/m0/s1. The molecule has 3 rings (SSSR count). The van der Waals surface area contributed by atoms with Crippen molar-refractivity contribution < 1.29 is 27.6 Å². The molecule has 33 heavy (non-hydrogen) atoms. The van der Waals surface area contributed by atoms with Gasteiger partial charge in [0.2, 0.25) is 5.91 Å². The lowest BCUT2D eigenvalue weighted by Crippen LogP contribution is -2.51. The number of amides is 4. The second-order valence-electron chi connectivity index (χ2n) is 8.26. The summed E-state index contributed by atoms with van der Waals surface area (Å²) in [6.45, 7) is 9.55. The minimum atomic E-state index is -4.50. The third-order valence-corrected chi connectivity index (χ3v) is 5.79. The lowest BCUT2D eigenvalue weighted by Gasteiger charge is -2.33.